The smallest absolute Gasteiger partial charge is 0.254 e. The molecule has 1 spiro atoms. The zero-order chi connectivity index (χ0) is 46.1. The summed E-state index contributed by atoms with van der Waals surface area (Å²) < 4.78 is 20.9. The molecule has 2 saturated carbocycles. The highest BCUT2D eigenvalue weighted by Gasteiger charge is 2.64. The second-order valence-corrected chi connectivity index (χ2v) is 21.2. The van der Waals surface area contributed by atoms with E-state index in [-0.39, 0.29) is 46.4 Å². The van der Waals surface area contributed by atoms with E-state index in [1.165, 1.54) is 10.4 Å². The molecule has 2 aliphatic heterocycles. The lowest BCUT2D eigenvalue weighted by Gasteiger charge is -2.63. The minimum absolute atomic E-state index is 0.168. The summed E-state index contributed by atoms with van der Waals surface area (Å²) in [5.74, 6) is 4.19. The number of nitrogens with zero attached hydrogens (tertiary/aromatic N) is 9. The third kappa shape index (κ3) is 7.71. The molecule has 4 aromatic heterocycles. The summed E-state index contributed by atoms with van der Waals surface area (Å²) in [6.45, 7) is 16.4. The fourth-order valence-corrected chi connectivity index (χ4v) is 12.5. The number of carbonyl (C=O) groups is 1. The average Bonchev–Trinajstić information content (AvgIpc) is 3.94. The summed E-state index contributed by atoms with van der Waals surface area (Å²) in [4.78, 5) is 36.1. The highest BCUT2D eigenvalue weighted by atomic mass is 35.5. The molecule has 340 valence electrons. The van der Waals surface area contributed by atoms with E-state index in [4.69, 9.17) is 30.5 Å². The number of carbonyl (C=O) groups excluding carboxylic acids is 1. The van der Waals surface area contributed by atoms with Crippen molar-refractivity contribution in [3.05, 3.63) is 128 Å². The van der Waals surface area contributed by atoms with E-state index >= 15 is 0 Å². The lowest BCUT2D eigenvalue weighted by Crippen LogP contribution is -2.74. The zero-order valence-corrected chi connectivity index (χ0v) is 39.8. The van der Waals surface area contributed by atoms with Crippen molar-refractivity contribution < 1.29 is 18.7 Å². The lowest BCUT2D eigenvalue weighted by molar-refractivity contribution is -0.164. The molecule has 1 aromatic carbocycles. The molecule has 1 N–H and O–H groups in total. The molecule has 5 aromatic rings. The largest absolute Gasteiger partial charge is 0.494 e. The van der Waals surface area contributed by atoms with Crippen LogP contribution in [-0.2, 0) is 11.2 Å². The van der Waals surface area contributed by atoms with Gasteiger partial charge in [0.05, 0.1) is 40.6 Å². The molecule has 0 radical (unpaired) electrons. The Morgan fingerprint density at radius 1 is 1.05 bits per heavy atom. The molecule has 10 rings (SSSR count). The molecule has 5 aliphatic rings. The van der Waals surface area contributed by atoms with Crippen molar-refractivity contribution in [2.75, 3.05) is 18.0 Å². The number of nitrogens with one attached hydrogen (secondary N) is 1. The van der Waals surface area contributed by atoms with Gasteiger partial charge in [-0.2, -0.15) is 5.26 Å². The van der Waals surface area contributed by atoms with Crippen LogP contribution in [0.5, 0.6) is 5.75 Å². The minimum Gasteiger partial charge on any atom is -0.494 e. The number of hydrogen-bond acceptors (Lipinski definition) is 13. The Balaban J connectivity index is 0.733. The van der Waals surface area contributed by atoms with E-state index in [9.17, 15) is 10.1 Å². The van der Waals surface area contributed by atoms with Gasteiger partial charge in [-0.3, -0.25) is 14.4 Å². The summed E-state index contributed by atoms with van der Waals surface area (Å²) in [5, 5.41) is 23.0. The number of ether oxygens (including phenoxy) is 2. The van der Waals surface area contributed by atoms with Gasteiger partial charge in [0.15, 0.2) is 11.7 Å². The van der Waals surface area contributed by atoms with Crippen LogP contribution < -0.4 is 15.0 Å². The van der Waals surface area contributed by atoms with E-state index in [1.54, 1.807) is 54.4 Å². The maximum absolute atomic E-state index is 13.5. The number of allylic oxidation sites excluding steroid dienone is 5. The number of piperidine rings is 1. The maximum atomic E-state index is 13.5. The highest BCUT2D eigenvalue weighted by Crippen LogP contribution is 2.56. The third-order valence-electron chi connectivity index (χ3n) is 14.5. The van der Waals surface area contributed by atoms with Gasteiger partial charge in [0.1, 0.15) is 46.8 Å². The molecule has 1 unspecified atom stereocenters. The fraction of sp³-hybridized carbons (Fsp3) is 0.440. The van der Waals surface area contributed by atoms with Crippen molar-refractivity contribution in [1.29, 1.82) is 5.26 Å². The summed E-state index contributed by atoms with van der Waals surface area (Å²) in [7, 11) is 0. The van der Waals surface area contributed by atoms with Crippen LogP contribution in [0.1, 0.15) is 115 Å². The van der Waals surface area contributed by atoms with Crippen molar-refractivity contribution in [3.63, 3.8) is 0 Å². The van der Waals surface area contributed by atoms with Crippen LogP contribution in [0.3, 0.4) is 0 Å². The van der Waals surface area contributed by atoms with Gasteiger partial charge in [0.2, 0.25) is 5.95 Å². The fourth-order valence-electron chi connectivity index (χ4n) is 11.1. The molecule has 66 heavy (non-hydrogen) atoms. The number of halogens is 1. The zero-order valence-electron chi connectivity index (χ0n) is 38.3. The number of aliphatic imine (C=N–C) groups is 1. The molecule has 14 nitrogen and oxygen atoms in total. The Morgan fingerprint density at radius 3 is 2.50 bits per heavy atom. The Morgan fingerprint density at radius 2 is 1.80 bits per heavy atom. The van der Waals surface area contributed by atoms with Crippen molar-refractivity contribution >= 4 is 40.5 Å². The first-order chi connectivity index (χ1) is 31.6. The quantitative estimate of drug-likeness (QED) is 0.142. The SMILES string of the molecule is Cc1sc2c(c1C)C(C1=CCC(OC3CC4(CCN(c5ncc(C(=O)NC6C(C)(C)C(Oc7ccc(C#N)c(Cl)c7)C6(C)C)cn5)CC4)C3)=CC=C1)=NC(Cc1ncco1)c1nnc(C)n1-2. The van der Waals surface area contributed by atoms with E-state index in [2.05, 4.69) is 112 Å². The van der Waals surface area contributed by atoms with Gasteiger partial charge in [-0.15, -0.1) is 21.5 Å². The number of amides is 1. The standard InChI is InChI=1S/C50H53ClN10O4S/c1-28-29(2)66-44-40(28)41(56-38(22-39-53-17-20-63-39)42-59-58-30(3)61(42)44)31-9-8-10-34(13-11-31)64-36-23-50(24-36)15-18-60(19-16-50)47-54-26-33(27-55-47)43(62)57-45-48(4,5)46(49(45,6)7)65-35-14-12-32(25-52)37(51)21-35/h8-12,14,17,20-21,26-27,36,38,45-46H,13,15-16,18-19,22-24H2,1-7H3,(H,57,62). The van der Waals surface area contributed by atoms with Crippen molar-refractivity contribution in [2.45, 2.75) is 111 Å². The first-order valence-electron chi connectivity index (χ1n) is 22.6. The van der Waals surface area contributed by atoms with E-state index in [0.29, 0.717) is 46.6 Å². The topological polar surface area (TPSA) is 169 Å². The van der Waals surface area contributed by atoms with Gasteiger partial charge < -0.3 is 24.1 Å². The third-order valence-corrected chi connectivity index (χ3v) is 16.0. The number of benzene rings is 1. The molecule has 0 bridgehead atoms. The van der Waals surface area contributed by atoms with Crippen LogP contribution in [0.25, 0.3) is 5.00 Å². The number of nitriles is 1. The van der Waals surface area contributed by atoms with Crippen molar-refractivity contribution in [2.24, 2.45) is 21.2 Å². The molecule has 1 amide bonds. The van der Waals surface area contributed by atoms with Crippen molar-refractivity contribution in [1.82, 2.24) is 35.0 Å². The monoisotopic (exact) mass is 924 g/mol. The average molecular weight is 926 g/mol. The predicted octanol–water partition coefficient (Wildman–Crippen LogP) is 9.49. The van der Waals surface area contributed by atoms with Crippen LogP contribution >= 0.6 is 22.9 Å². The number of oxazole rings is 1. The second-order valence-electron chi connectivity index (χ2n) is 19.6. The summed E-state index contributed by atoms with van der Waals surface area (Å²) in [6, 6.07) is 6.67. The van der Waals surface area contributed by atoms with E-state index in [0.717, 1.165) is 78.0 Å². The molecule has 3 fully saturated rings. The number of aryl methyl sites for hydroxylation is 2. The lowest BCUT2D eigenvalue weighted by atomic mass is 9.49. The van der Waals surface area contributed by atoms with Gasteiger partial charge in [-0.25, -0.2) is 15.0 Å². The number of fused-ring (bicyclic) bond motifs is 3. The summed E-state index contributed by atoms with van der Waals surface area (Å²) >= 11 is 8.02. The number of anilines is 1. The minimum atomic E-state index is -0.382. The summed E-state index contributed by atoms with van der Waals surface area (Å²) in [6.07, 6.45) is 20.3. The first kappa shape index (κ1) is 43.8. The first-order valence-corrected chi connectivity index (χ1v) is 23.8. The number of rotatable bonds is 10. The van der Waals surface area contributed by atoms with Gasteiger partial charge in [0.25, 0.3) is 5.91 Å². The van der Waals surface area contributed by atoms with E-state index in [1.807, 2.05) is 6.92 Å². The highest BCUT2D eigenvalue weighted by molar-refractivity contribution is 7.15. The van der Waals surface area contributed by atoms with Crippen LogP contribution in [0.2, 0.25) is 5.02 Å². The van der Waals surface area contributed by atoms with Crippen molar-refractivity contribution in [3.8, 4) is 16.8 Å². The molecule has 3 aliphatic carbocycles. The molecule has 16 heteroatoms. The van der Waals surface area contributed by atoms with Gasteiger partial charge in [0, 0.05) is 65.3 Å². The number of hydrogen-bond donors (Lipinski definition) is 1. The van der Waals surface area contributed by atoms with Crippen LogP contribution in [0.15, 0.2) is 88.1 Å². The Bertz CT molecular complexity index is 2850. The molecule has 6 heterocycles. The number of thiophene rings is 1. The Kier molecular flexibility index (Phi) is 11.0. The van der Waals surface area contributed by atoms with E-state index < -0.39 is 0 Å². The van der Waals surface area contributed by atoms with Gasteiger partial charge >= 0.3 is 0 Å². The number of aromatic nitrogens is 6. The normalized spacial score (nSPS) is 22.6. The second kappa shape index (κ2) is 16.6. The van der Waals surface area contributed by atoms with Gasteiger partial charge in [-0.05, 0) is 81.2 Å². The van der Waals surface area contributed by atoms with Crippen LogP contribution in [-0.4, -0.2) is 72.7 Å². The Labute approximate surface area is 393 Å². The predicted molar refractivity (Wildman–Crippen MR) is 252 cm³/mol. The molecular formula is C50H53ClN10O4S. The molecule has 1 saturated heterocycles. The van der Waals surface area contributed by atoms with Crippen LogP contribution in [0, 0.1) is 48.3 Å². The summed E-state index contributed by atoms with van der Waals surface area (Å²) in [5.41, 5.74) is 4.60. The Hall–Kier alpha value is -6.11. The van der Waals surface area contributed by atoms with Crippen LogP contribution in [0.4, 0.5) is 5.95 Å². The maximum Gasteiger partial charge on any atom is 0.254 e. The van der Waals surface area contributed by atoms with Gasteiger partial charge in [-0.1, -0.05) is 57.5 Å². The molecular weight excluding hydrogens is 872 g/mol. The molecule has 1 atom stereocenters.